The molecule has 6 nitrogen and oxygen atoms in total. The second-order valence-corrected chi connectivity index (χ2v) is 8.87. The van der Waals surface area contributed by atoms with Crippen LogP contribution in [-0.4, -0.2) is 28.6 Å². The van der Waals surface area contributed by atoms with Crippen LogP contribution in [0.4, 0.5) is 5.00 Å². The molecule has 32 heavy (non-hydrogen) atoms. The van der Waals surface area contributed by atoms with E-state index in [4.69, 9.17) is 4.74 Å². The zero-order chi connectivity index (χ0) is 22.5. The van der Waals surface area contributed by atoms with Gasteiger partial charge in [-0.2, -0.15) is 9.78 Å². The monoisotopic (exact) mass is 463 g/mol. The Bertz CT molecular complexity index is 1330. The zero-order valence-corrected chi connectivity index (χ0v) is 19.2. The summed E-state index contributed by atoms with van der Waals surface area (Å²) >= 11 is 2.88. The van der Waals surface area contributed by atoms with Gasteiger partial charge in [-0.3, -0.25) is 9.59 Å². The fraction of sp³-hybridized carbons (Fsp3) is 0.125. The molecule has 0 aliphatic carbocycles. The Morgan fingerprint density at radius 2 is 1.94 bits per heavy atom. The third-order valence-corrected chi connectivity index (χ3v) is 6.44. The van der Waals surface area contributed by atoms with Crippen molar-refractivity contribution in [3.63, 3.8) is 0 Å². The maximum Gasteiger partial charge on any atom is 0.282 e. The minimum absolute atomic E-state index is 0.283. The molecule has 8 heteroatoms. The minimum Gasteiger partial charge on any atom is -0.497 e. The normalized spacial score (nSPS) is 11.2. The number of anilines is 1. The van der Waals surface area contributed by atoms with Crippen LogP contribution in [0.1, 0.15) is 12.5 Å². The first-order chi connectivity index (χ1) is 15.6. The van der Waals surface area contributed by atoms with Crippen molar-refractivity contribution in [1.82, 2.24) is 9.78 Å². The summed E-state index contributed by atoms with van der Waals surface area (Å²) in [6, 6.07) is 16.7. The van der Waals surface area contributed by atoms with Crippen molar-refractivity contribution in [1.29, 1.82) is 0 Å². The standard InChI is InChI=1S/C24H21N3O3S2/c1-3-31-22-19-15-32-23(25-20(28)14-9-16-7-5-4-6-8-16)21(19)24(29)27(26-22)17-10-12-18(30-2)13-11-17/h4-15H,3H2,1-2H3,(H,25,28)/b14-9+. The first-order valence-electron chi connectivity index (χ1n) is 9.96. The van der Waals surface area contributed by atoms with E-state index in [0.29, 0.717) is 21.8 Å². The molecule has 0 radical (unpaired) electrons. The number of rotatable bonds is 7. The largest absolute Gasteiger partial charge is 0.497 e. The lowest BCUT2D eigenvalue weighted by Gasteiger charge is -2.10. The number of thioether (sulfide) groups is 1. The number of nitrogens with one attached hydrogen (secondary N) is 1. The predicted molar refractivity (Wildman–Crippen MR) is 132 cm³/mol. The van der Waals surface area contributed by atoms with Crippen LogP contribution in [0.25, 0.3) is 22.5 Å². The van der Waals surface area contributed by atoms with Gasteiger partial charge in [-0.05, 0) is 41.7 Å². The van der Waals surface area contributed by atoms with Gasteiger partial charge in [0, 0.05) is 16.8 Å². The Morgan fingerprint density at radius 1 is 1.19 bits per heavy atom. The van der Waals surface area contributed by atoms with Crippen molar-refractivity contribution in [2.24, 2.45) is 0 Å². The highest BCUT2D eigenvalue weighted by Gasteiger charge is 2.18. The molecule has 0 fully saturated rings. The summed E-state index contributed by atoms with van der Waals surface area (Å²) in [4.78, 5) is 25.9. The van der Waals surface area contributed by atoms with Gasteiger partial charge in [0.2, 0.25) is 5.91 Å². The average Bonchev–Trinajstić information content (AvgIpc) is 3.24. The van der Waals surface area contributed by atoms with Gasteiger partial charge in [0.1, 0.15) is 15.8 Å². The molecule has 0 atom stereocenters. The molecule has 0 spiro atoms. The number of carbonyl (C=O) groups excluding carboxylic acids is 1. The number of thiophene rings is 1. The quantitative estimate of drug-likeness (QED) is 0.300. The van der Waals surface area contributed by atoms with Crippen LogP contribution in [0, 0.1) is 0 Å². The first kappa shape index (κ1) is 21.9. The second-order valence-electron chi connectivity index (χ2n) is 6.74. The van der Waals surface area contributed by atoms with Gasteiger partial charge in [0.15, 0.2) is 0 Å². The minimum atomic E-state index is -0.297. The summed E-state index contributed by atoms with van der Waals surface area (Å²) in [5, 5.41) is 11.8. The molecule has 2 aromatic heterocycles. The van der Waals surface area contributed by atoms with Gasteiger partial charge in [-0.1, -0.05) is 37.3 Å². The van der Waals surface area contributed by atoms with Gasteiger partial charge in [-0.15, -0.1) is 23.1 Å². The van der Waals surface area contributed by atoms with Gasteiger partial charge < -0.3 is 10.1 Å². The predicted octanol–water partition coefficient (Wildman–Crippen LogP) is 5.22. The van der Waals surface area contributed by atoms with Crippen molar-refractivity contribution in [3.05, 3.63) is 82.0 Å². The summed E-state index contributed by atoms with van der Waals surface area (Å²) in [5.74, 6) is 1.20. The number of methoxy groups -OCH3 is 1. The molecular weight excluding hydrogens is 442 g/mol. The maximum atomic E-state index is 13.4. The van der Waals surface area contributed by atoms with E-state index in [-0.39, 0.29) is 11.5 Å². The molecule has 4 aromatic rings. The van der Waals surface area contributed by atoms with Crippen molar-refractivity contribution >= 4 is 50.9 Å². The number of hydrogen-bond acceptors (Lipinski definition) is 6. The molecule has 1 N–H and O–H groups in total. The van der Waals surface area contributed by atoms with Gasteiger partial charge in [0.05, 0.1) is 18.2 Å². The third-order valence-electron chi connectivity index (χ3n) is 4.68. The Balaban J connectivity index is 1.73. The smallest absolute Gasteiger partial charge is 0.282 e. The fourth-order valence-electron chi connectivity index (χ4n) is 3.15. The lowest BCUT2D eigenvalue weighted by Crippen LogP contribution is -2.22. The summed E-state index contributed by atoms with van der Waals surface area (Å²) in [6.45, 7) is 2.03. The second kappa shape index (κ2) is 9.84. The highest BCUT2D eigenvalue weighted by atomic mass is 32.2. The summed E-state index contributed by atoms with van der Waals surface area (Å²) in [6.07, 6.45) is 3.20. The number of hydrogen-bond donors (Lipinski definition) is 1. The van der Waals surface area contributed by atoms with Gasteiger partial charge >= 0.3 is 0 Å². The van der Waals surface area contributed by atoms with Crippen molar-refractivity contribution in [2.75, 3.05) is 18.2 Å². The van der Waals surface area contributed by atoms with Crippen molar-refractivity contribution in [2.45, 2.75) is 11.9 Å². The highest BCUT2D eigenvalue weighted by molar-refractivity contribution is 7.99. The number of aromatic nitrogens is 2. The van der Waals surface area contributed by atoms with Crippen LogP contribution >= 0.6 is 23.1 Å². The molecule has 0 saturated carbocycles. The van der Waals surface area contributed by atoms with Crippen LogP contribution < -0.4 is 15.6 Å². The molecule has 1 amide bonds. The third kappa shape index (κ3) is 4.61. The van der Waals surface area contributed by atoms with Crippen LogP contribution in [0.5, 0.6) is 5.75 Å². The molecule has 162 valence electrons. The Morgan fingerprint density at radius 3 is 2.62 bits per heavy atom. The van der Waals surface area contributed by atoms with E-state index >= 15 is 0 Å². The van der Waals surface area contributed by atoms with Crippen LogP contribution in [0.2, 0.25) is 0 Å². The molecule has 0 bridgehead atoms. The molecule has 0 saturated heterocycles. The molecule has 2 heterocycles. The number of nitrogens with zero attached hydrogens (tertiary/aromatic N) is 2. The number of carbonyl (C=O) groups is 1. The molecular formula is C24H21N3O3S2. The number of amides is 1. The van der Waals surface area contributed by atoms with Crippen molar-refractivity contribution in [3.8, 4) is 11.4 Å². The Kier molecular flexibility index (Phi) is 6.72. The molecule has 0 unspecified atom stereocenters. The van der Waals surface area contributed by atoms with E-state index in [2.05, 4.69) is 10.4 Å². The summed E-state index contributed by atoms with van der Waals surface area (Å²) in [7, 11) is 1.59. The van der Waals surface area contributed by atoms with Crippen LogP contribution in [0.3, 0.4) is 0 Å². The van der Waals surface area contributed by atoms with E-state index in [1.54, 1.807) is 49.2 Å². The SMILES string of the molecule is CCSc1nn(-c2ccc(OC)cc2)c(=O)c2c(NC(=O)/C=C/c3ccccc3)scc12. The number of ether oxygens (including phenoxy) is 1. The van der Waals surface area contributed by atoms with E-state index in [0.717, 1.165) is 21.7 Å². The van der Waals surface area contributed by atoms with E-state index in [1.165, 1.54) is 22.1 Å². The van der Waals surface area contributed by atoms with Gasteiger partial charge in [-0.25, -0.2) is 0 Å². The highest BCUT2D eigenvalue weighted by Crippen LogP contribution is 2.34. The van der Waals surface area contributed by atoms with E-state index < -0.39 is 0 Å². The summed E-state index contributed by atoms with van der Waals surface area (Å²) in [5.41, 5.74) is 1.27. The van der Waals surface area contributed by atoms with Gasteiger partial charge in [0.25, 0.3) is 5.56 Å². The molecule has 2 aromatic carbocycles. The summed E-state index contributed by atoms with van der Waals surface area (Å²) < 4.78 is 6.59. The average molecular weight is 464 g/mol. The lowest BCUT2D eigenvalue weighted by molar-refractivity contribution is -0.111. The van der Waals surface area contributed by atoms with Crippen molar-refractivity contribution < 1.29 is 9.53 Å². The number of benzene rings is 2. The zero-order valence-electron chi connectivity index (χ0n) is 17.6. The van der Waals surface area contributed by atoms with Crippen LogP contribution in [0.15, 0.2) is 75.9 Å². The lowest BCUT2D eigenvalue weighted by atomic mass is 10.2. The molecule has 4 rings (SSSR count). The Hall–Kier alpha value is -3.36. The van der Waals surface area contributed by atoms with Crippen LogP contribution in [-0.2, 0) is 4.79 Å². The maximum absolute atomic E-state index is 13.4. The van der Waals surface area contributed by atoms with E-state index in [1.807, 2.05) is 42.6 Å². The number of fused-ring (bicyclic) bond motifs is 1. The Labute approximate surface area is 193 Å². The fourth-order valence-corrected chi connectivity index (χ4v) is 4.89. The first-order valence-corrected chi connectivity index (χ1v) is 11.8. The molecule has 0 aliphatic heterocycles. The molecule has 0 aliphatic rings. The topological polar surface area (TPSA) is 73.2 Å². The van der Waals surface area contributed by atoms with E-state index in [9.17, 15) is 9.59 Å².